The first-order valence-corrected chi connectivity index (χ1v) is 7.95. The molecule has 0 aromatic heterocycles. The predicted octanol–water partition coefficient (Wildman–Crippen LogP) is 1.19. The summed E-state index contributed by atoms with van der Waals surface area (Å²) in [5, 5.41) is 13.9. The van der Waals surface area contributed by atoms with Crippen LogP contribution in [0.5, 0.6) is 11.5 Å². The van der Waals surface area contributed by atoms with Gasteiger partial charge < -0.3 is 25.2 Å². The fourth-order valence-corrected chi connectivity index (χ4v) is 2.15. The van der Waals surface area contributed by atoms with Crippen molar-refractivity contribution in [1.82, 2.24) is 10.6 Å². The molecule has 0 saturated heterocycles. The third-order valence-corrected chi connectivity index (χ3v) is 3.53. The lowest BCUT2D eigenvalue weighted by Crippen LogP contribution is -2.45. The highest BCUT2D eigenvalue weighted by atomic mass is 16.5. The molecule has 1 unspecified atom stereocenters. The predicted molar refractivity (Wildman–Crippen MR) is 91.0 cm³/mol. The summed E-state index contributed by atoms with van der Waals surface area (Å²) in [4.78, 5) is 35.1. The molecule has 8 nitrogen and oxygen atoms in total. The van der Waals surface area contributed by atoms with Crippen LogP contribution in [0.1, 0.15) is 36.5 Å². The lowest BCUT2D eigenvalue weighted by atomic mass is 10.1. The first-order valence-electron chi connectivity index (χ1n) is 7.95. The molecule has 0 saturated carbocycles. The fraction of sp³-hybridized carbons (Fsp3) is 0.471. The first kappa shape index (κ1) is 20.3. The summed E-state index contributed by atoms with van der Waals surface area (Å²) in [5.74, 6) is -1.25. The third kappa shape index (κ3) is 6.33. The van der Waals surface area contributed by atoms with Gasteiger partial charge in [-0.1, -0.05) is 19.8 Å². The summed E-state index contributed by atoms with van der Waals surface area (Å²) in [6.07, 6.45) is 1.87. The van der Waals surface area contributed by atoms with Crippen LogP contribution >= 0.6 is 0 Å². The Morgan fingerprint density at radius 3 is 2.40 bits per heavy atom. The number of carbonyl (C=O) groups excluding carboxylic acids is 2. The minimum atomic E-state index is -1.09. The zero-order valence-corrected chi connectivity index (χ0v) is 14.6. The Bertz CT molecular complexity index is 617. The van der Waals surface area contributed by atoms with E-state index in [1.807, 2.05) is 6.92 Å². The fourth-order valence-electron chi connectivity index (χ4n) is 2.15. The number of ether oxygens (including phenoxy) is 2. The van der Waals surface area contributed by atoms with Crippen LogP contribution in [0.3, 0.4) is 0 Å². The Kier molecular flexibility index (Phi) is 8.25. The van der Waals surface area contributed by atoms with Crippen LogP contribution in [-0.2, 0) is 9.59 Å². The maximum atomic E-state index is 12.1. The van der Waals surface area contributed by atoms with E-state index in [2.05, 4.69) is 10.6 Å². The molecule has 8 heteroatoms. The molecule has 3 N–H and O–H groups in total. The smallest absolute Gasteiger partial charge is 0.326 e. The van der Waals surface area contributed by atoms with Crippen molar-refractivity contribution in [3.63, 3.8) is 0 Å². The Morgan fingerprint density at radius 2 is 1.84 bits per heavy atom. The molecule has 1 aromatic rings. The number of rotatable bonds is 10. The molecular weight excluding hydrogens is 328 g/mol. The van der Waals surface area contributed by atoms with E-state index in [-0.39, 0.29) is 6.54 Å². The highest BCUT2D eigenvalue weighted by molar-refractivity contribution is 5.97. The summed E-state index contributed by atoms with van der Waals surface area (Å²) < 4.78 is 10.2. The van der Waals surface area contributed by atoms with Gasteiger partial charge in [-0.2, -0.15) is 0 Å². The number of unbranched alkanes of at least 4 members (excludes halogenated alkanes) is 1. The van der Waals surface area contributed by atoms with Gasteiger partial charge in [0.15, 0.2) is 11.5 Å². The Morgan fingerprint density at radius 1 is 1.16 bits per heavy atom. The highest BCUT2D eigenvalue weighted by Crippen LogP contribution is 2.27. The normalized spacial score (nSPS) is 11.3. The number of aliphatic carboxylic acids is 1. The van der Waals surface area contributed by atoms with Gasteiger partial charge in [0.25, 0.3) is 5.91 Å². The molecule has 0 spiro atoms. The van der Waals surface area contributed by atoms with Crippen LogP contribution < -0.4 is 20.1 Å². The van der Waals surface area contributed by atoms with Gasteiger partial charge in [-0.25, -0.2) is 4.79 Å². The van der Waals surface area contributed by atoms with Crippen molar-refractivity contribution in [1.29, 1.82) is 0 Å². The molecular formula is C17H24N2O6. The minimum Gasteiger partial charge on any atom is -0.493 e. The molecule has 25 heavy (non-hydrogen) atoms. The molecule has 2 amide bonds. The van der Waals surface area contributed by atoms with Gasteiger partial charge in [0.1, 0.15) is 6.04 Å². The van der Waals surface area contributed by atoms with Gasteiger partial charge in [0.2, 0.25) is 5.91 Å². The lowest BCUT2D eigenvalue weighted by Gasteiger charge is -2.14. The first-order chi connectivity index (χ1) is 11.9. The standard InChI is InChI=1S/C17H24N2O6/c1-4-5-6-12(17(22)23)19-15(20)10-18-16(21)11-7-8-13(24-2)14(9-11)25-3/h7-9,12H,4-6,10H2,1-3H3,(H,18,21)(H,19,20)(H,22,23). The average Bonchev–Trinajstić information content (AvgIpc) is 2.62. The number of carbonyl (C=O) groups is 3. The molecule has 0 aliphatic rings. The Labute approximate surface area is 146 Å². The number of carboxylic acids is 1. The van der Waals surface area contributed by atoms with Crippen molar-refractivity contribution in [2.45, 2.75) is 32.2 Å². The van der Waals surface area contributed by atoms with E-state index in [0.29, 0.717) is 29.9 Å². The van der Waals surface area contributed by atoms with Crippen molar-refractivity contribution in [2.24, 2.45) is 0 Å². The van der Waals surface area contributed by atoms with Crippen LogP contribution in [0.25, 0.3) is 0 Å². The van der Waals surface area contributed by atoms with Crippen molar-refractivity contribution in [3.8, 4) is 11.5 Å². The summed E-state index contributed by atoms with van der Waals surface area (Å²) >= 11 is 0. The second kappa shape index (κ2) is 10.2. The monoisotopic (exact) mass is 352 g/mol. The van der Waals surface area contributed by atoms with Crippen molar-refractivity contribution >= 4 is 17.8 Å². The average molecular weight is 352 g/mol. The van der Waals surface area contributed by atoms with Crippen LogP contribution in [0.2, 0.25) is 0 Å². The maximum absolute atomic E-state index is 12.1. The van der Waals surface area contributed by atoms with E-state index in [0.717, 1.165) is 6.42 Å². The second-order valence-electron chi connectivity index (χ2n) is 5.35. The highest BCUT2D eigenvalue weighted by Gasteiger charge is 2.19. The molecule has 0 fully saturated rings. The molecule has 1 rings (SSSR count). The molecule has 1 atom stereocenters. The van der Waals surface area contributed by atoms with Gasteiger partial charge in [-0.3, -0.25) is 9.59 Å². The molecule has 0 bridgehead atoms. The van der Waals surface area contributed by atoms with Crippen LogP contribution in [0.15, 0.2) is 18.2 Å². The number of benzene rings is 1. The Hall–Kier alpha value is -2.77. The van der Waals surface area contributed by atoms with Gasteiger partial charge in [0, 0.05) is 5.56 Å². The third-order valence-electron chi connectivity index (χ3n) is 3.53. The zero-order valence-electron chi connectivity index (χ0n) is 14.6. The van der Waals surface area contributed by atoms with Gasteiger partial charge >= 0.3 is 5.97 Å². The van der Waals surface area contributed by atoms with E-state index in [1.165, 1.54) is 26.4 Å². The van der Waals surface area contributed by atoms with Crippen LogP contribution in [0.4, 0.5) is 0 Å². The minimum absolute atomic E-state index is 0.297. The molecule has 0 aliphatic carbocycles. The summed E-state index contributed by atoms with van der Waals surface area (Å²) in [7, 11) is 2.94. The number of hydrogen-bond donors (Lipinski definition) is 3. The Balaban J connectivity index is 2.60. The quantitative estimate of drug-likeness (QED) is 0.583. The van der Waals surface area contributed by atoms with E-state index in [9.17, 15) is 14.4 Å². The number of carboxylic acid groups (broad SMARTS) is 1. The van der Waals surface area contributed by atoms with Crippen LogP contribution in [0, 0.1) is 0 Å². The van der Waals surface area contributed by atoms with Crippen molar-refractivity contribution < 1.29 is 29.0 Å². The maximum Gasteiger partial charge on any atom is 0.326 e. The summed E-state index contributed by atoms with van der Waals surface area (Å²) in [6, 6.07) is 3.66. The summed E-state index contributed by atoms with van der Waals surface area (Å²) in [6.45, 7) is 1.62. The van der Waals surface area contributed by atoms with Crippen molar-refractivity contribution in [3.05, 3.63) is 23.8 Å². The number of nitrogens with one attached hydrogen (secondary N) is 2. The van der Waals surface area contributed by atoms with E-state index < -0.39 is 23.8 Å². The number of methoxy groups -OCH3 is 2. The van der Waals surface area contributed by atoms with Crippen LogP contribution in [-0.4, -0.2) is 49.7 Å². The molecule has 0 heterocycles. The summed E-state index contributed by atoms with van der Waals surface area (Å²) in [5.41, 5.74) is 0.297. The molecule has 0 aliphatic heterocycles. The van der Waals surface area contributed by atoms with Gasteiger partial charge in [-0.05, 0) is 24.6 Å². The molecule has 0 radical (unpaired) electrons. The molecule has 138 valence electrons. The number of amides is 2. The number of hydrogen-bond acceptors (Lipinski definition) is 5. The second-order valence-corrected chi connectivity index (χ2v) is 5.35. The lowest BCUT2D eigenvalue weighted by molar-refractivity contribution is -0.141. The largest absolute Gasteiger partial charge is 0.493 e. The van der Waals surface area contributed by atoms with Gasteiger partial charge in [0.05, 0.1) is 20.8 Å². The van der Waals surface area contributed by atoms with E-state index in [4.69, 9.17) is 14.6 Å². The van der Waals surface area contributed by atoms with E-state index in [1.54, 1.807) is 6.07 Å². The topological polar surface area (TPSA) is 114 Å². The SMILES string of the molecule is CCCCC(NC(=O)CNC(=O)c1ccc(OC)c(OC)c1)C(=O)O. The van der Waals surface area contributed by atoms with E-state index >= 15 is 0 Å². The van der Waals surface area contributed by atoms with Crippen molar-refractivity contribution in [2.75, 3.05) is 20.8 Å². The van der Waals surface area contributed by atoms with Gasteiger partial charge in [-0.15, -0.1) is 0 Å². The zero-order chi connectivity index (χ0) is 18.8. The molecule has 1 aromatic carbocycles.